The maximum atomic E-state index is 11.8. The molecule has 174 valence electrons. The van der Waals surface area contributed by atoms with Crippen LogP contribution in [-0.4, -0.2) is 56.4 Å². The van der Waals surface area contributed by atoms with Crippen molar-refractivity contribution in [3.8, 4) is 0 Å². The molecule has 5 rings (SSSR count). The van der Waals surface area contributed by atoms with E-state index in [9.17, 15) is 19.8 Å². The Hall–Kier alpha value is -3.91. The first kappa shape index (κ1) is 21.9. The number of benzene rings is 3. The topological polar surface area (TPSA) is 108 Å². The van der Waals surface area contributed by atoms with Crippen LogP contribution in [0.1, 0.15) is 28.8 Å². The molecule has 0 amide bonds. The summed E-state index contributed by atoms with van der Waals surface area (Å²) < 4.78 is 1.08. The maximum absolute atomic E-state index is 11.8. The zero-order chi connectivity index (χ0) is 23.7. The summed E-state index contributed by atoms with van der Waals surface area (Å²) in [4.78, 5) is 29.9. The lowest BCUT2D eigenvalue weighted by Crippen LogP contribution is -2.35. The van der Waals surface area contributed by atoms with Gasteiger partial charge in [-0.1, -0.05) is 42.5 Å². The molecule has 1 aliphatic rings. The summed E-state index contributed by atoms with van der Waals surface area (Å²) in [6.45, 7) is 3.49. The van der Waals surface area contributed by atoms with E-state index in [1.807, 2.05) is 0 Å². The Morgan fingerprint density at radius 1 is 1.00 bits per heavy atom. The van der Waals surface area contributed by atoms with Crippen molar-refractivity contribution >= 4 is 39.8 Å². The number of carboxylic acids is 1. The molecule has 1 aliphatic heterocycles. The molecule has 2 heterocycles. The first-order valence-corrected chi connectivity index (χ1v) is 11.4. The van der Waals surface area contributed by atoms with Gasteiger partial charge in [-0.3, -0.25) is 4.90 Å². The normalized spacial score (nSPS) is 15.1. The van der Waals surface area contributed by atoms with Crippen LogP contribution in [0, 0.1) is 5.92 Å². The monoisotopic (exact) mass is 458 g/mol. The maximum Gasteiger partial charge on any atom is 0.418 e. The predicted octanol–water partition coefficient (Wildman–Crippen LogP) is 4.74. The minimum absolute atomic E-state index is 0.0765. The molecule has 0 unspecified atom stereocenters. The van der Waals surface area contributed by atoms with Gasteiger partial charge >= 0.3 is 12.1 Å². The highest BCUT2D eigenvalue weighted by Gasteiger charge is 2.22. The Labute approximate surface area is 196 Å². The first-order valence-electron chi connectivity index (χ1n) is 11.4. The first-order chi connectivity index (χ1) is 16.5. The van der Waals surface area contributed by atoms with Gasteiger partial charge in [0.15, 0.2) is 0 Å². The van der Waals surface area contributed by atoms with Gasteiger partial charge in [0.2, 0.25) is 5.95 Å². The second kappa shape index (κ2) is 9.15. The van der Waals surface area contributed by atoms with Gasteiger partial charge < -0.3 is 15.5 Å². The average Bonchev–Trinajstić information content (AvgIpc) is 3.22. The number of nitrogens with one attached hydrogen (secondary N) is 1. The highest BCUT2D eigenvalue weighted by molar-refractivity contribution is 5.96. The SMILES string of the molecule is O=C(O)c1ccc2c(c1)nc(NCC1CCN(Cc3cccc4ccccc34)CC1)n2C(=O)O. The Kier molecular flexibility index (Phi) is 5.90. The van der Waals surface area contributed by atoms with Crippen LogP contribution in [0.2, 0.25) is 0 Å². The van der Waals surface area contributed by atoms with Crippen molar-refractivity contribution in [2.24, 2.45) is 5.92 Å². The molecule has 0 aliphatic carbocycles. The van der Waals surface area contributed by atoms with E-state index < -0.39 is 12.1 Å². The third kappa shape index (κ3) is 4.32. The smallest absolute Gasteiger partial charge is 0.418 e. The Morgan fingerprint density at radius 2 is 1.76 bits per heavy atom. The van der Waals surface area contributed by atoms with Crippen molar-refractivity contribution in [3.05, 3.63) is 71.8 Å². The summed E-state index contributed by atoms with van der Waals surface area (Å²) in [6.07, 6.45) is 0.862. The van der Waals surface area contributed by atoms with Crippen molar-refractivity contribution in [2.75, 3.05) is 25.0 Å². The van der Waals surface area contributed by atoms with Gasteiger partial charge in [0.1, 0.15) is 0 Å². The van der Waals surface area contributed by atoms with Gasteiger partial charge in [-0.05, 0) is 66.4 Å². The fraction of sp³-hybridized carbons (Fsp3) is 0.269. The zero-order valence-corrected chi connectivity index (χ0v) is 18.6. The van der Waals surface area contributed by atoms with Gasteiger partial charge in [0.05, 0.1) is 16.6 Å². The summed E-state index contributed by atoms with van der Waals surface area (Å²) in [6, 6.07) is 19.2. The second-order valence-corrected chi connectivity index (χ2v) is 8.80. The molecule has 0 radical (unpaired) electrons. The number of rotatable bonds is 6. The summed E-state index contributed by atoms with van der Waals surface area (Å²) in [5, 5.41) is 24.6. The molecule has 3 N–H and O–H groups in total. The lowest BCUT2D eigenvalue weighted by atomic mass is 9.96. The van der Waals surface area contributed by atoms with E-state index >= 15 is 0 Å². The molecule has 34 heavy (non-hydrogen) atoms. The molecule has 0 saturated carbocycles. The van der Waals surface area contributed by atoms with E-state index in [0.717, 1.165) is 37.0 Å². The lowest BCUT2D eigenvalue weighted by Gasteiger charge is -2.32. The number of piperidine rings is 1. The van der Waals surface area contributed by atoms with Crippen molar-refractivity contribution < 1.29 is 19.8 Å². The average molecular weight is 459 g/mol. The number of imidazole rings is 1. The zero-order valence-electron chi connectivity index (χ0n) is 18.6. The van der Waals surface area contributed by atoms with Crippen LogP contribution in [0.25, 0.3) is 21.8 Å². The molecular weight excluding hydrogens is 432 g/mol. The van der Waals surface area contributed by atoms with Crippen LogP contribution < -0.4 is 5.32 Å². The molecule has 1 aromatic heterocycles. The van der Waals surface area contributed by atoms with Crippen LogP contribution in [-0.2, 0) is 6.54 Å². The molecule has 4 aromatic rings. The molecule has 3 aromatic carbocycles. The molecule has 1 saturated heterocycles. The third-order valence-electron chi connectivity index (χ3n) is 6.62. The van der Waals surface area contributed by atoms with E-state index in [4.69, 9.17) is 0 Å². The Morgan fingerprint density at radius 3 is 2.53 bits per heavy atom. The van der Waals surface area contributed by atoms with E-state index in [0.29, 0.717) is 23.5 Å². The molecular formula is C26H26N4O4. The van der Waals surface area contributed by atoms with Crippen LogP contribution in [0.15, 0.2) is 60.7 Å². The molecule has 0 atom stereocenters. The Bertz CT molecular complexity index is 1370. The number of nitrogens with zero attached hydrogens (tertiary/aromatic N) is 3. The molecule has 0 bridgehead atoms. The third-order valence-corrected chi connectivity index (χ3v) is 6.62. The number of aromatic carboxylic acids is 1. The highest BCUT2D eigenvalue weighted by atomic mass is 16.4. The van der Waals surface area contributed by atoms with Crippen molar-refractivity contribution in [1.82, 2.24) is 14.5 Å². The highest BCUT2D eigenvalue weighted by Crippen LogP contribution is 2.25. The number of fused-ring (bicyclic) bond motifs is 2. The molecule has 1 fully saturated rings. The van der Waals surface area contributed by atoms with E-state index in [-0.39, 0.29) is 11.5 Å². The van der Waals surface area contributed by atoms with Gasteiger partial charge in [0, 0.05) is 13.1 Å². The number of hydrogen-bond acceptors (Lipinski definition) is 5. The minimum Gasteiger partial charge on any atom is -0.478 e. The standard InChI is InChI=1S/C26H26N4O4/c31-24(32)19-8-9-23-22(14-19)28-25(30(23)26(33)34)27-15-17-10-12-29(13-11-17)16-20-6-3-5-18-4-1-2-7-21(18)20/h1-9,14,17H,10-13,15-16H2,(H,27,28)(H,31,32)(H,33,34). The summed E-state index contributed by atoms with van der Waals surface area (Å²) in [5.41, 5.74) is 2.12. The number of carbonyl (C=O) groups is 2. The summed E-state index contributed by atoms with van der Waals surface area (Å²) in [5.74, 6) is -0.444. The van der Waals surface area contributed by atoms with Crippen LogP contribution in [0.4, 0.5) is 10.7 Å². The summed E-state index contributed by atoms with van der Waals surface area (Å²) in [7, 11) is 0. The largest absolute Gasteiger partial charge is 0.478 e. The lowest BCUT2D eigenvalue weighted by molar-refractivity contribution is 0.0697. The van der Waals surface area contributed by atoms with E-state index in [1.54, 1.807) is 0 Å². The van der Waals surface area contributed by atoms with E-state index in [1.165, 1.54) is 34.5 Å². The van der Waals surface area contributed by atoms with Gasteiger partial charge in [0.25, 0.3) is 0 Å². The predicted molar refractivity (Wildman–Crippen MR) is 131 cm³/mol. The number of likely N-dealkylation sites (tertiary alicyclic amines) is 1. The van der Waals surface area contributed by atoms with Gasteiger partial charge in [-0.15, -0.1) is 0 Å². The number of anilines is 1. The van der Waals surface area contributed by atoms with Crippen molar-refractivity contribution in [2.45, 2.75) is 19.4 Å². The van der Waals surface area contributed by atoms with Crippen LogP contribution in [0.5, 0.6) is 0 Å². The second-order valence-electron chi connectivity index (χ2n) is 8.80. The van der Waals surface area contributed by atoms with Crippen molar-refractivity contribution in [1.29, 1.82) is 0 Å². The number of aromatic nitrogens is 2. The van der Waals surface area contributed by atoms with Crippen LogP contribution in [0.3, 0.4) is 0 Å². The fourth-order valence-electron chi connectivity index (χ4n) is 4.78. The van der Waals surface area contributed by atoms with Gasteiger partial charge in [-0.2, -0.15) is 0 Å². The minimum atomic E-state index is -1.15. The van der Waals surface area contributed by atoms with E-state index in [2.05, 4.69) is 57.7 Å². The quantitative estimate of drug-likeness (QED) is 0.383. The summed E-state index contributed by atoms with van der Waals surface area (Å²) >= 11 is 0. The number of carboxylic acid groups (broad SMARTS) is 2. The Balaban J connectivity index is 1.23. The molecule has 8 nitrogen and oxygen atoms in total. The fourth-order valence-corrected chi connectivity index (χ4v) is 4.78. The number of hydrogen-bond donors (Lipinski definition) is 3. The van der Waals surface area contributed by atoms with Gasteiger partial charge in [-0.25, -0.2) is 19.1 Å². The molecule has 8 heteroatoms. The van der Waals surface area contributed by atoms with Crippen LogP contribution >= 0.6 is 0 Å². The van der Waals surface area contributed by atoms with Crippen molar-refractivity contribution in [3.63, 3.8) is 0 Å². The molecule has 0 spiro atoms.